The molecule has 2 nitrogen and oxygen atoms in total. The first kappa shape index (κ1) is 15.1. The van der Waals surface area contributed by atoms with Crippen molar-refractivity contribution in [2.24, 2.45) is 10.9 Å². The number of hydrogen-bond donors (Lipinski definition) is 1. The molecule has 1 heterocycles. The molecule has 2 aliphatic carbocycles. The summed E-state index contributed by atoms with van der Waals surface area (Å²) in [7, 11) is 0. The third kappa shape index (κ3) is 2.22. The van der Waals surface area contributed by atoms with Gasteiger partial charge in [-0.25, -0.2) is 0 Å². The largest absolute Gasteiger partial charge is 0.359 e. The molecule has 0 aromatic rings. The zero-order valence-electron chi connectivity index (χ0n) is 14.2. The molecule has 2 atom stereocenters. The zero-order valence-corrected chi connectivity index (χ0v) is 14.2. The number of aliphatic imine (C=N–C) groups is 1. The van der Waals surface area contributed by atoms with Gasteiger partial charge in [0.15, 0.2) is 0 Å². The summed E-state index contributed by atoms with van der Waals surface area (Å²) in [4.78, 5) is 5.25. The van der Waals surface area contributed by atoms with Crippen LogP contribution in [0.3, 0.4) is 0 Å². The quantitative estimate of drug-likeness (QED) is 0.572. The summed E-state index contributed by atoms with van der Waals surface area (Å²) in [5.74, 6) is 0.456. The van der Waals surface area contributed by atoms with Gasteiger partial charge in [0.1, 0.15) is 5.54 Å². The number of fused-ring (bicyclic) bond motifs is 3. The maximum absolute atomic E-state index is 5.25. The molecule has 0 spiro atoms. The number of rotatable bonds is 2. The molecule has 3 rings (SSSR count). The van der Waals surface area contributed by atoms with Gasteiger partial charge in [0.05, 0.1) is 0 Å². The predicted molar refractivity (Wildman–Crippen MR) is 94.8 cm³/mol. The smallest absolute Gasteiger partial charge is 0.112 e. The lowest BCUT2D eigenvalue weighted by molar-refractivity contribution is 0.451. The molecule has 116 valence electrons. The highest BCUT2D eigenvalue weighted by molar-refractivity contribution is 5.83. The number of dihydropyridines is 1. The normalized spacial score (nSPS) is 32.8. The van der Waals surface area contributed by atoms with E-state index < -0.39 is 0 Å². The van der Waals surface area contributed by atoms with Crippen LogP contribution in [0.25, 0.3) is 0 Å². The highest BCUT2D eigenvalue weighted by atomic mass is 15.0. The maximum Gasteiger partial charge on any atom is 0.112 e. The molecule has 0 saturated carbocycles. The number of hydrogen-bond acceptors (Lipinski definition) is 2. The van der Waals surface area contributed by atoms with Crippen LogP contribution in [0.2, 0.25) is 0 Å². The summed E-state index contributed by atoms with van der Waals surface area (Å²) in [6.07, 6.45) is 12.0. The molecule has 2 heteroatoms. The standard InChI is InChI=1S/C20H26N2/c1-6-14(4)22-20-12-13(3)10-16(17(20)7-2)11-19-18(20)9-8-15(5)21-19/h7-10,16,21H,5-6,11-12H2,1-4H3/b17-7+,22-14?. The monoisotopic (exact) mass is 294 g/mol. The van der Waals surface area contributed by atoms with Gasteiger partial charge in [0.25, 0.3) is 0 Å². The van der Waals surface area contributed by atoms with Crippen molar-refractivity contribution < 1.29 is 0 Å². The summed E-state index contributed by atoms with van der Waals surface area (Å²) in [6.45, 7) is 12.8. The van der Waals surface area contributed by atoms with Crippen LogP contribution in [-0.4, -0.2) is 11.3 Å². The van der Waals surface area contributed by atoms with Crippen molar-refractivity contribution in [1.82, 2.24) is 5.32 Å². The van der Waals surface area contributed by atoms with E-state index in [1.165, 1.54) is 28.1 Å². The predicted octanol–water partition coefficient (Wildman–Crippen LogP) is 4.84. The van der Waals surface area contributed by atoms with Gasteiger partial charge in [-0.1, -0.05) is 37.3 Å². The summed E-state index contributed by atoms with van der Waals surface area (Å²) in [5.41, 5.74) is 7.54. The van der Waals surface area contributed by atoms with Crippen molar-refractivity contribution in [3.8, 4) is 0 Å². The second-order valence-electron chi connectivity index (χ2n) is 6.68. The number of nitrogens with zero attached hydrogens (tertiary/aromatic N) is 1. The summed E-state index contributed by atoms with van der Waals surface area (Å²) in [5, 5.41) is 3.50. The van der Waals surface area contributed by atoms with E-state index in [2.05, 4.69) is 63.9 Å². The zero-order chi connectivity index (χ0) is 15.9. The van der Waals surface area contributed by atoms with Crippen LogP contribution in [0.15, 0.2) is 64.0 Å². The first-order chi connectivity index (χ1) is 10.5. The Hall–Kier alpha value is -1.83. The maximum atomic E-state index is 5.25. The highest BCUT2D eigenvalue weighted by Crippen LogP contribution is 2.52. The molecule has 0 amide bonds. The molecule has 1 N–H and O–H groups in total. The SMILES string of the molecule is C=C1C=CC2=C(CC3C=C(C)CC2(N=C(C)CC)/C3=C/C)N1. The van der Waals surface area contributed by atoms with Gasteiger partial charge >= 0.3 is 0 Å². The Bertz CT molecular complexity index is 670. The molecule has 2 unspecified atom stereocenters. The minimum Gasteiger partial charge on any atom is -0.359 e. The number of nitrogens with one attached hydrogen (secondary N) is 1. The molecule has 0 aromatic heterocycles. The molecule has 0 saturated heterocycles. The fourth-order valence-electron chi connectivity index (χ4n) is 4.10. The van der Waals surface area contributed by atoms with Crippen LogP contribution in [0, 0.1) is 5.92 Å². The lowest BCUT2D eigenvalue weighted by Gasteiger charge is -2.47. The topological polar surface area (TPSA) is 24.4 Å². The van der Waals surface area contributed by atoms with E-state index in [0.29, 0.717) is 5.92 Å². The minimum absolute atomic E-state index is 0.212. The van der Waals surface area contributed by atoms with Crippen LogP contribution < -0.4 is 5.32 Å². The van der Waals surface area contributed by atoms with Crippen LogP contribution in [-0.2, 0) is 0 Å². The van der Waals surface area contributed by atoms with Gasteiger partial charge in [-0.3, -0.25) is 4.99 Å². The van der Waals surface area contributed by atoms with Gasteiger partial charge < -0.3 is 5.32 Å². The summed E-state index contributed by atoms with van der Waals surface area (Å²) in [6, 6.07) is 0. The van der Waals surface area contributed by atoms with Crippen LogP contribution >= 0.6 is 0 Å². The highest BCUT2D eigenvalue weighted by Gasteiger charge is 2.47. The Labute approximate surface area is 134 Å². The third-order valence-electron chi connectivity index (χ3n) is 5.06. The van der Waals surface area contributed by atoms with E-state index in [-0.39, 0.29) is 5.54 Å². The average Bonchev–Trinajstić information content (AvgIpc) is 2.45. The van der Waals surface area contributed by atoms with E-state index in [4.69, 9.17) is 4.99 Å². The second-order valence-corrected chi connectivity index (χ2v) is 6.68. The Morgan fingerprint density at radius 3 is 2.95 bits per heavy atom. The molecule has 3 aliphatic rings. The Morgan fingerprint density at radius 1 is 1.50 bits per heavy atom. The fourth-order valence-corrected chi connectivity index (χ4v) is 4.10. The van der Waals surface area contributed by atoms with Gasteiger partial charge in [0.2, 0.25) is 0 Å². The van der Waals surface area contributed by atoms with Crippen molar-refractivity contribution >= 4 is 5.71 Å². The fraction of sp³-hybridized carbons (Fsp3) is 0.450. The molecule has 0 fully saturated rings. The summed E-state index contributed by atoms with van der Waals surface area (Å²) >= 11 is 0. The van der Waals surface area contributed by atoms with Crippen LogP contribution in [0.5, 0.6) is 0 Å². The molecular formula is C20H26N2. The molecule has 2 bridgehead atoms. The molecule has 0 aromatic carbocycles. The average molecular weight is 294 g/mol. The second kappa shape index (κ2) is 5.42. The van der Waals surface area contributed by atoms with Gasteiger partial charge in [-0.05, 0) is 45.3 Å². The van der Waals surface area contributed by atoms with Crippen molar-refractivity contribution in [3.63, 3.8) is 0 Å². The Kier molecular flexibility index (Phi) is 3.72. The van der Waals surface area contributed by atoms with Gasteiger partial charge in [-0.2, -0.15) is 0 Å². The van der Waals surface area contributed by atoms with E-state index in [0.717, 1.165) is 25.0 Å². The number of allylic oxidation sites excluding steroid dienone is 4. The van der Waals surface area contributed by atoms with E-state index in [1.54, 1.807) is 0 Å². The molecule has 1 aliphatic heterocycles. The molecule has 22 heavy (non-hydrogen) atoms. The Balaban J connectivity index is 2.25. The molecular weight excluding hydrogens is 268 g/mol. The van der Waals surface area contributed by atoms with Gasteiger partial charge in [0, 0.05) is 35.0 Å². The van der Waals surface area contributed by atoms with Crippen molar-refractivity contribution in [2.75, 3.05) is 0 Å². The van der Waals surface area contributed by atoms with E-state index in [9.17, 15) is 0 Å². The first-order valence-electron chi connectivity index (χ1n) is 8.27. The van der Waals surface area contributed by atoms with Crippen molar-refractivity contribution in [3.05, 3.63) is 59.0 Å². The first-order valence-corrected chi connectivity index (χ1v) is 8.27. The van der Waals surface area contributed by atoms with Crippen LogP contribution in [0.1, 0.15) is 47.0 Å². The Morgan fingerprint density at radius 2 is 2.27 bits per heavy atom. The molecule has 0 radical (unpaired) electrons. The van der Waals surface area contributed by atoms with Crippen molar-refractivity contribution in [1.29, 1.82) is 0 Å². The minimum atomic E-state index is -0.212. The lowest BCUT2D eigenvalue weighted by atomic mass is 9.62. The van der Waals surface area contributed by atoms with E-state index in [1.807, 2.05) is 0 Å². The lowest BCUT2D eigenvalue weighted by Crippen LogP contribution is -2.44. The summed E-state index contributed by atoms with van der Waals surface area (Å²) < 4.78 is 0. The van der Waals surface area contributed by atoms with Crippen molar-refractivity contribution in [2.45, 2.75) is 52.5 Å². The van der Waals surface area contributed by atoms with Gasteiger partial charge in [-0.15, -0.1) is 0 Å². The third-order valence-corrected chi connectivity index (χ3v) is 5.06. The van der Waals surface area contributed by atoms with E-state index >= 15 is 0 Å². The van der Waals surface area contributed by atoms with Crippen LogP contribution in [0.4, 0.5) is 0 Å².